The zero-order valence-corrected chi connectivity index (χ0v) is 17.4. The molecular formula is C25H26FN3O2. The van der Waals surface area contributed by atoms with Gasteiger partial charge in [0.15, 0.2) is 0 Å². The van der Waals surface area contributed by atoms with Crippen molar-refractivity contribution in [3.05, 3.63) is 71.5 Å². The average molecular weight is 420 g/mol. The maximum atomic E-state index is 13.8. The van der Waals surface area contributed by atoms with E-state index in [1.807, 2.05) is 36.4 Å². The number of benzene rings is 3. The number of piperazine rings is 1. The van der Waals surface area contributed by atoms with Crippen molar-refractivity contribution >= 4 is 22.4 Å². The van der Waals surface area contributed by atoms with E-state index in [1.54, 1.807) is 6.07 Å². The molecule has 1 saturated heterocycles. The van der Waals surface area contributed by atoms with Gasteiger partial charge in [-0.1, -0.05) is 18.2 Å². The Balaban J connectivity index is 1.10. The number of ether oxygens (including phenoxy) is 1. The summed E-state index contributed by atoms with van der Waals surface area (Å²) in [6.07, 6.45) is 0.952. The Morgan fingerprint density at radius 3 is 2.74 bits per heavy atom. The molecule has 5 nitrogen and oxygen atoms in total. The van der Waals surface area contributed by atoms with Crippen LogP contribution in [0.2, 0.25) is 0 Å². The van der Waals surface area contributed by atoms with E-state index >= 15 is 0 Å². The van der Waals surface area contributed by atoms with Crippen molar-refractivity contribution in [2.45, 2.75) is 13.0 Å². The van der Waals surface area contributed by atoms with Crippen LogP contribution in [0.4, 0.5) is 10.1 Å². The number of amides is 1. The summed E-state index contributed by atoms with van der Waals surface area (Å²) in [4.78, 5) is 16.4. The van der Waals surface area contributed by atoms with E-state index in [2.05, 4.69) is 21.2 Å². The Morgan fingerprint density at radius 1 is 1.00 bits per heavy atom. The van der Waals surface area contributed by atoms with E-state index in [4.69, 9.17) is 4.74 Å². The minimum Gasteiger partial charge on any atom is -0.494 e. The van der Waals surface area contributed by atoms with Crippen molar-refractivity contribution in [2.75, 3.05) is 44.2 Å². The van der Waals surface area contributed by atoms with E-state index in [9.17, 15) is 9.18 Å². The number of carbonyl (C=O) groups is 1. The fourth-order valence-electron chi connectivity index (χ4n) is 4.49. The number of hydrogen-bond acceptors (Lipinski definition) is 4. The lowest BCUT2D eigenvalue weighted by Gasteiger charge is -2.36. The second-order valence-electron chi connectivity index (χ2n) is 8.17. The Hall–Kier alpha value is -3.12. The first kappa shape index (κ1) is 19.8. The van der Waals surface area contributed by atoms with Crippen molar-refractivity contribution in [3.63, 3.8) is 0 Å². The van der Waals surface area contributed by atoms with Gasteiger partial charge in [0.25, 0.3) is 5.91 Å². The minimum atomic E-state index is -0.190. The maximum Gasteiger partial charge on any atom is 0.251 e. The monoisotopic (exact) mass is 419 g/mol. The largest absolute Gasteiger partial charge is 0.494 e. The normalized spacial score (nSPS) is 16.4. The van der Waals surface area contributed by atoms with Crippen LogP contribution in [0.15, 0.2) is 54.6 Å². The molecule has 6 heteroatoms. The van der Waals surface area contributed by atoms with Gasteiger partial charge in [0.1, 0.15) is 11.6 Å². The number of fused-ring (bicyclic) bond motifs is 2. The van der Waals surface area contributed by atoms with Gasteiger partial charge in [0.05, 0.1) is 6.61 Å². The molecule has 1 amide bonds. The molecule has 1 fully saturated rings. The smallest absolute Gasteiger partial charge is 0.251 e. The summed E-state index contributed by atoms with van der Waals surface area (Å²) in [5, 5.41) is 4.88. The average Bonchev–Trinajstić information content (AvgIpc) is 3.17. The highest BCUT2D eigenvalue weighted by Crippen LogP contribution is 2.28. The van der Waals surface area contributed by atoms with Crippen LogP contribution in [0.3, 0.4) is 0 Å². The molecule has 1 N–H and O–H groups in total. The van der Waals surface area contributed by atoms with Crippen LogP contribution < -0.4 is 15.0 Å². The molecule has 2 aliphatic rings. The van der Waals surface area contributed by atoms with E-state index < -0.39 is 0 Å². The quantitative estimate of drug-likeness (QED) is 0.617. The van der Waals surface area contributed by atoms with Crippen molar-refractivity contribution in [3.8, 4) is 5.75 Å². The molecule has 0 radical (unpaired) electrons. The van der Waals surface area contributed by atoms with Crippen LogP contribution >= 0.6 is 0 Å². The Bertz CT molecular complexity index is 1110. The van der Waals surface area contributed by atoms with E-state index in [1.165, 1.54) is 6.07 Å². The van der Waals surface area contributed by atoms with Gasteiger partial charge in [-0.15, -0.1) is 0 Å². The molecule has 0 unspecified atom stereocenters. The number of hydrogen-bond donors (Lipinski definition) is 1. The third kappa shape index (κ3) is 4.21. The van der Waals surface area contributed by atoms with Gasteiger partial charge >= 0.3 is 0 Å². The molecule has 2 heterocycles. The van der Waals surface area contributed by atoms with Gasteiger partial charge in [-0.05, 0) is 53.8 Å². The minimum absolute atomic E-state index is 0.00525. The summed E-state index contributed by atoms with van der Waals surface area (Å²) in [6, 6.07) is 16.8. The fraction of sp³-hybridized carbons (Fsp3) is 0.320. The molecule has 3 aromatic carbocycles. The molecular weight excluding hydrogens is 393 g/mol. The summed E-state index contributed by atoms with van der Waals surface area (Å²) in [5.41, 5.74) is 2.87. The molecule has 3 aromatic rings. The van der Waals surface area contributed by atoms with Gasteiger partial charge < -0.3 is 15.0 Å². The molecule has 160 valence electrons. The second kappa shape index (κ2) is 8.55. The molecule has 2 aliphatic heterocycles. The third-order valence-corrected chi connectivity index (χ3v) is 6.18. The summed E-state index contributed by atoms with van der Waals surface area (Å²) < 4.78 is 19.7. The number of rotatable bonds is 6. The molecule has 31 heavy (non-hydrogen) atoms. The van der Waals surface area contributed by atoms with Crippen molar-refractivity contribution < 1.29 is 13.9 Å². The number of nitrogens with zero attached hydrogens (tertiary/aromatic N) is 2. The summed E-state index contributed by atoms with van der Waals surface area (Å²) in [6.45, 7) is 6.06. The lowest BCUT2D eigenvalue weighted by molar-refractivity contribution is 0.0965. The van der Waals surface area contributed by atoms with E-state index in [0.717, 1.165) is 72.5 Å². The third-order valence-electron chi connectivity index (χ3n) is 6.18. The van der Waals surface area contributed by atoms with Gasteiger partial charge in [-0.25, -0.2) is 4.39 Å². The van der Waals surface area contributed by atoms with Crippen molar-refractivity contribution in [2.24, 2.45) is 0 Å². The molecule has 0 atom stereocenters. The van der Waals surface area contributed by atoms with Crippen LogP contribution in [0, 0.1) is 5.82 Å². The second-order valence-corrected chi connectivity index (χ2v) is 8.17. The predicted molar refractivity (Wildman–Crippen MR) is 120 cm³/mol. The van der Waals surface area contributed by atoms with Crippen LogP contribution in [0.25, 0.3) is 10.8 Å². The topological polar surface area (TPSA) is 44.8 Å². The van der Waals surface area contributed by atoms with E-state index in [0.29, 0.717) is 13.2 Å². The number of anilines is 1. The SMILES string of the molecule is O=C1NCc2cc(OCCCN3CCN(c4cccc5ccc(F)cc45)CC3)ccc21. The highest BCUT2D eigenvalue weighted by molar-refractivity contribution is 5.98. The van der Waals surface area contributed by atoms with Gasteiger partial charge in [-0.3, -0.25) is 9.69 Å². The van der Waals surface area contributed by atoms with Crippen LogP contribution in [-0.2, 0) is 6.54 Å². The van der Waals surface area contributed by atoms with Crippen molar-refractivity contribution in [1.29, 1.82) is 0 Å². The van der Waals surface area contributed by atoms with Crippen LogP contribution in [-0.4, -0.2) is 50.1 Å². The summed E-state index contributed by atoms with van der Waals surface area (Å²) >= 11 is 0. The van der Waals surface area contributed by atoms with Crippen molar-refractivity contribution in [1.82, 2.24) is 10.2 Å². The number of carbonyl (C=O) groups excluding carboxylic acids is 1. The lowest BCUT2D eigenvalue weighted by atomic mass is 10.1. The van der Waals surface area contributed by atoms with Crippen LogP contribution in [0.5, 0.6) is 5.75 Å². The molecule has 5 rings (SSSR count). The van der Waals surface area contributed by atoms with Gasteiger partial charge in [-0.2, -0.15) is 0 Å². The Kier molecular flexibility index (Phi) is 5.47. The molecule has 0 saturated carbocycles. The molecule has 0 aromatic heterocycles. The maximum absolute atomic E-state index is 13.8. The Labute approximate surface area is 181 Å². The lowest BCUT2D eigenvalue weighted by Crippen LogP contribution is -2.46. The number of nitrogens with one attached hydrogen (secondary N) is 1. The highest BCUT2D eigenvalue weighted by atomic mass is 19.1. The van der Waals surface area contributed by atoms with E-state index in [-0.39, 0.29) is 11.7 Å². The zero-order valence-electron chi connectivity index (χ0n) is 17.4. The van der Waals surface area contributed by atoms with Gasteiger partial charge in [0, 0.05) is 55.9 Å². The zero-order chi connectivity index (χ0) is 21.2. The standard InChI is InChI=1S/C25H26FN3O2/c26-20-6-5-18-3-1-4-24(23(18)16-20)29-12-10-28(11-13-29)9-2-14-31-21-7-8-22-19(15-21)17-27-25(22)30/h1,3-8,15-16H,2,9-14,17H2,(H,27,30). The summed E-state index contributed by atoms with van der Waals surface area (Å²) in [7, 11) is 0. The molecule has 0 aliphatic carbocycles. The molecule has 0 spiro atoms. The summed E-state index contributed by atoms with van der Waals surface area (Å²) in [5.74, 6) is 0.627. The van der Waals surface area contributed by atoms with Gasteiger partial charge in [0.2, 0.25) is 0 Å². The first-order valence-corrected chi connectivity index (χ1v) is 10.9. The fourth-order valence-corrected chi connectivity index (χ4v) is 4.49. The first-order valence-electron chi connectivity index (χ1n) is 10.9. The van der Waals surface area contributed by atoms with Crippen LogP contribution in [0.1, 0.15) is 22.3 Å². The Morgan fingerprint density at radius 2 is 1.87 bits per heavy atom. The number of halogens is 1. The highest BCUT2D eigenvalue weighted by Gasteiger charge is 2.20. The predicted octanol–water partition coefficient (Wildman–Crippen LogP) is 3.81. The molecule has 0 bridgehead atoms. The first-order chi connectivity index (χ1) is 15.2.